The van der Waals surface area contributed by atoms with E-state index >= 15 is 0 Å². The van der Waals surface area contributed by atoms with Gasteiger partial charge < -0.3 is 9.26 Å². The number of halogens is 1. The maximum absolute atomic E-state index is 13.8. The zero-order valence-corrected chi connectivity index (χ0v) is 12.8. The Bertz CT molecular complexity index is 996. The Balaban J connectivity index is 1.79. The van der Waals surface area contributed by atoms with Crippen LogP contribution < -0.4 is 4.74 Å². The average Bonchev–Trinajstić information content (AvgIpc) is 3.16. The zero-order valence-electron chi connectivity index (χ0n) is 12.0. The quantitative estimate of drug-likeness (QED) is 0.551. The van der Waals surface area contributed by atoms with Gasteiger partial charge in [0.2, 0.25) is 0 Å². The molecule has 0 bridgehead atoms. The van der Waals surface area contributed by atoms with E-state index in [9.17, 15) is 4.39 Å². The van der Waals surface area contributed by atoms with Gasteiger partial charge in [-0.15, -0.1) is 11.3 Å². The monoisotopic (exact) mass is 327 g/mol. The molecule has 1 aromatic carbocycles. The maximum atomic E-state index is 13.8. The maximum Gasteiger partial charge on any atom is 0.268 e. The van der Waals surface area contributed by atoms with Crippen molar-refractivity contribution in [3.63, 3.8) is 0 Å². The molecule has 0 aliphatic heterocycles. The lowest BCUT2D eigenvalue weighted by atomic mass is 10.3. The molecular weight excluding hydrogens is 317 g/mol. The molecule has 0 aliphatic rings. The molecule has 0 N–H and O–H groups in total. The van der Waals surface area contributed by atoms with E-state index in [1.54, 1.807) is 37.4 Å². The summed E-state index contributed by atoms with van der Waals surface area (Å²) in [5, 5.41) is 3.78. The summed E-state index contributed by atoms with van der Waals surface area (Å²) in [6.45, 7) is 1.76. The minimum absolute atomic E-state index is 0.170. The summed E-state index contributed by atoms with van der Waals surface area (Å²) in [4.78, 5) is 9.30. The Morgan fingerprint density at radius 2 is 2.04 bits per heavy atom. The highest BCUT2D eigenvalue weighted by molar-refractivity contribution is 7.22. The number of aryl methyl sites for hydroxylation is 1. The number of fused-ring (bicyclic) bond motifs is 1. The second kappa shape index (κ2) is 5.44. The van der Waals surface area contributed by atoms with Gasteiger partial charge in [-0.2, -0.15) is 4.98 Å². The van der Waals surface area contributed by atoms with Gasteiger partial charge in [0, 0.05) is 12.3 Å². The van der Waals surface area contributed by atoms with Crippen molar-refractivity contribution in [1.82, 2.24) is 15.1 Å². The molecule has 23 heavy (non-hydrogen) atoms. The molecule has 3 heterocycles. The van der Waals surface area contributed by atoms with E-state index in [0.717, 1.165) is 15.1 Å². The summed E-state index contributed by atoms with van der Waals surface area (Å²) in [5.41, 5.74) is 0.731. The van der Waals surface area contributed by atoms with Gasteiger partial charge in [-0.25, -0.2) is 4.39 Å². The lowest BCUT2D eigenvalue weighted by Gasteiger charge is -2.06. The molecule has 0 spiro atoms. The number of benzene rings is 1. The summed E-state index contributed by atoms with van der Waals surface area (Å²) >= 11 is 1.41. The molecule has 0 radical (unpaired) electrons. The van der Waals surface area contributed by atoms with Crippen molar-refractivity contribution in [2.24, 2.45) is 0 Å². The van der Waals surface area contributed by atoms with Crippen molar-refractivity contribution in [3.8, 4) is 22.3 Å². The average molecular weight is 327 g/mol. The van der Waals surface area contributed by atoms with Crippen LogP contribution in [-0.2, 0) is 0 Å². The largest absolute Gasteiger partial charge is 0.453 e. The molecule has 5 nitrogen and oxygen atoms in total. The number of thiophene rings is 1. The zero-order chi connectivity index (χ0) is 15.8. The van der Waals surface area contributed by atoms with Crippen LogP contribution in [0.15, 0.2) is 47.1 Å². The highest BCUT2D eigenvalue weighted by Gasteiger charge is 2.15. The Kier molecular flexibility index (Phi) is 3.27. The van der Waals surface area contributed by atoms with E-state index in [1.807, 2.05) is 6.07 Å². The third-order valence-corrected chi connectivity index (χ3v) is 4.30. The predicted octanol–water partition coefficient (Wildman–Crippen LogP) is 4.59. The molecule has 0 saturated heterocycles. The van der Waals surface area contributed by atoms with Crippen LogP contribution in [0.2, 0.25) is 0 Å². The molecule has 3 aromatic heterocycles. The number of hydrogen-bond acceptors (Lipinski definition) is 6. The van der Waals surface area contributed by atoms with Gasteiger partial charge in [0.05, 0.1) is 15.1 Å². The fourth-order valence-electron chi connectivity index (χ4n) is 2.14. The van der Waals surface area contributed by atoms with E-state index in [0.29, 0.717) is 17.5 Å². The number of ether oxygens (including phenoxy) is 1. The van der Waals surface area contributed by atoms with E-state index in [2.05, 4.69) is 15.1 Å². The Hall–Kier alpha value is -2.80. The van der Waals surface area contributed by atoms with Gasteiger partial charge in [-0.3, -0.25) is 4.98 Å². The van der Waals surface area contributed by atoms with E-state index in [4.69, 9.17) is 9.26 Å². The van der Waals surface area contributed by atoms with Crippen LogP contribution >= 0.6 is 11.3 Å². The summed E-state index contributed by atoms with van der Waals surface area (Å²) in [6, 6.07) is 9.82. The summed E-state index contributed by atoms with van der Waals surface area (Å²) in [6.07, 6.45) is 1.62. The molecule has 0 unspecified atom stereocenters. The van der Waals surface area contributed by atoms with Crippen molar-refractivity contribution in [1.29, 1.82) is 0 Å². The second-order valence-electron chi connectivity index (χ2n) is 4.81. The van der Waals surface area contributed by atoms with Crippen LogP contribution in [0.1, 0.15) is 5.82 Å². The van der Waals surface area contributed by atoms with E-state index in [1.165, 1.54) is 17.4 Å². The van der Waals surface area contributed by atoms with Crippen molar-refractivity contribution < 1.29 is 13.7 Å². The fraction of sp³-hybridized carbons (Fsp3) is 0.0625. The van der Waals surface area contributed by atoms with Gasteiger partial charge in [0.1, 0.15) is 5.75 Å². The number of nitrogens with zero attached hydrogens (tertiary/aromatic N) is 3. The van der Waals surface area contributed by atoms with Gasteiger partial charge >= 0.3 is 0 Å². The number of pyridine rings is 1. The minimum Gasteiger partial charge on any atom is -0.453 e. The van der Waals surface area contributed by atoms with Crippen LogP contribution in [0.25, 0.3) is 21.0 Å². The normalized spacial score (nSPS) is 11.0. The first-order chi connectivity index (χ1) is 11.2. The molecular formula is C16H10FN3O2S. The van der Waals surface area contributed by atoms with Crippen LogP contribution in [0.3, 0.4) is 0 Å². The number of hydrogen-bond donors (Lipinski definition) is 0. The molecule has 4 rings (SSSR count). The van der Waals surface area contributed by atoms with Crippen LogP contribution in [-0.4, -0.2) is 15.1 Å². The molecule has 0 atom stereocenters. The number of rotatable bonds is 3. The first kappa shape index (κ1) is 13.8. The summed E-state index contributed by atoms with van der Waals surface area (Å²) < 4.78 is 25.5. The first-order valence-electron chi connectivity index (χ1n) is 6.82. The van der Waals surface area contributed by atoms with Crippen LogP contribution in [0.5, 0.6) is 11.5 Å². The molecule has 0 amide bonds. The van der Waals surface area contributed by atoms with E-state index in [-0.39, 0.29) is 5.75 Å². The van der Waals surface area contributed by atoms with Crippen molar-refractivity contribution in [2.45, 2.75) is 6.92 Å². The predicted molar refractivity (Wildman–Crippen MR) is 84.1 cm³/mol. The SMILES string of the molecule is Cc1noc(-c2cc3nccc(Oc4ccccc4F)c3s2)n1. The van der Waals surface area contributed by atoms with E-state index < -0.39 is 5.82 Å². The minimum atomic E-state index is -0.415. The highest BCUT2D eigenvalue weighted by Crippen LogP contribution is 2.38. The standard InChI is InChI=1S/C16H10FN3O2S/c1-9-19-16(22-20-9)14-8-11-15(23-14)13(6-7-18-11)21-12-5-3-2-4-10(12)17/h2-8H,1H3. The molecule has 114 valence electrons. The van der Waals surface area contributed by atoms with Crippen molar-refractivity contribution in [3.05, 3.63) is 54.2 Å². The van der Waals surface area contributed by atoms with Gasteiger partial charge in [0.25, 0.3) is 5.89 Å². The van der Waals surface area contributed by atoms with Crippen LogP contribution in [0.4, 0.5) is 4.39 Å². The number of para-hydroxylation sites is 1. The molecule has 0 saturated carbocycles. The molecule has 0 fully saturated rings. The molecule has 0 aliphatic carbocycles. The van der Waals surface area contributed by atoms with Crippen molar-refractivity contribution >= 4 is 21.6 Å². The highest BCUT2D eigenvalue weighted by atomic mass is 32.1. The third-order valence-electron chi connectivity index (χ3n) is 3.17. The Morgan fingerprint density at radius 3 is 2.83 bits per heavy atom. The lowest BCUT2D eigenvalue weighted by Crippen LogP contribution is -1.88. The van der Waals surface area contributed by atoms with Crippen molar-refractivity contribution in [2.75, 3.05) is 0 Å². The second-order valence-corrected chi connectivity index (χ2v) is 5.87. The van der Waals surface area contributed by atoms with Gasteiger partial charge in [0.15, 0.2) is 17.4 Å². The number of aromatic nitrogens is 3. The first-order valence-corrected chi connectivity index (χ1v) is 7.64. The van der Waals surface area contributed by atoms with Gasteiger partial charge in [-0.1, -0.05) is 17.3 Å². The third kappa shape index (κ3) is 2.55. The summed E-state index contributed by atoms with van der Waals surface area (Å²) in [5.74, 6) is 1.29. The lowest BCUT2D eigenvalue weighted by molar-refractivity contribution is 0.426. The van der Waals surface area contributed by atoms with Gasteiger partial charge in [-0.05, 0) is 25.1 Å². The fourth-order valence-corrected chi connectivity index (χ4v) is 3.13. The molecule has 4 aromatic rings. The Morgan fingerprint density at radius 1 is 1.17 bits per heavy atom. The smallest absolute Gasteiger partial charge is 0.268 e. The Labute approximate surface area is 134 Å². The van der Waals surface area contributed by atoms with Crippen LogP contribution in [0, 0.1) is 12.7 Å². The molecule has 7 heteroatoms. The summed E-state index contributed by atoms with van der Waals surface area (Å²) in [7, 11) is 0. The topological polar surface area (TPSA) is 61.0 Å².